The van der Waals surface area contributed by atoms with Crippen LogP contribution in [0.25, 0.3) is 0 Å². The van der Waals surface area contributed by atoms with E-state index in [1.807, 2.05) is 6.92 Å². The minimum atomic E-state index is -5.08. The lowest BCUT2D eigenvalue weighted by atomic mass is 10.0. The average molecular weight is 289 g/mol. The minimum Gasteiger partial charge on any atom is -0.479 e. The van der Waals surface area contributed by atoms with Gasteiger partial charge in [-0.2, -0.15) is 13.2 Å². The lowest BCUT2D eigenvalue weighted by Gasteiger charge is -2.28. The largest absolute Gasteiger partial charge is 0.479 e. The van der Waals surface area contributed by atoms with E-state index < -0.39 is 23.6 Å². The Labute approximate surface area is 113 Å². The Kier molecular flexibility index (Phi) is 4.42. The number of carbonyl (C=O) groups is 2. The third kappa shape index (κ3) is 3.49. The number of carboxylic acids is 1. The first-order valence-corrected chi connectivity index (χ1v) is 5.73. The van der Waals surface area contributed by atoms with Crippen LogP contribution in [0.2, 0.25) is 0 Å². The van der Waals surface area contributed by atoms with Crippen LogP contribution in [0.1, 0.15) is 18.1 Å². The zero-order valence-corrected chi connectivity index (χ0v) is 10.9. The topological polar surface area (TPSA) is 66.4 Å². The quantitative estimate of drug-likeness (QED) is 0.891. The molecule has 0 aliphatic carbocycles. The molecule has 110 valence electrons. The van der Waals surface area contributed by atoms with Crippen LogP contribution in [-0.2, 0) is 16.0 Å². The Morgan fingerprint density at radius 3 is 2.10 bits per heavy atom. The second-order valence-electron chi connectivity index (χ2n) is 4.64. The van der Waals surface area contributed by atoms with Crippen molar-refractivity contribution < 1.29 is 27.9 Å². The van der Waals surface area contributed by atoms with Crippen molar-refractivity contribution in [1.82, 2.24) is 5.32 Å². The molecule has 7 heteroatoms. The monoisotopic (exact) mass is 289 g/mol. The molecule has 4 nitrogen and oxygen atoms in total. The van der Waals surface area contributed by atoms with Gasteiger partial charge in [-0.3, -0.25) is 4.79 Å². The number of amides is 1. The average Bonchev–Trinajstić information content (AvgIpc) is 2.30. The number of carboxylic acid groups (broad SMARTS) is 1. The maximum absolute atomic E-state index is 12.7. The van der Waals surface area contributed by atoms with Crippen LogP contribution in [0.3, 0.4) is 0 Å². The third-order valence-corrected chi connectivity index (χ3v) is 2.87. The maximum Gasteiger partial charge on any atom is 0.422 e. The van der Waals surface area contributed by atoms with Crippen molar-refractivity contribution in [3.8, 4) is 0 Å². The van der Waals surface area contributed by atoms with Crippen molar-refractivity contribution in [1.29, 1.82) is 0 Å². The van der Waals surface area contributed by atoms with Crippen LogP contribution in [0.5, 0.6) is 0 Å². The lowest BCUT2D eigenvalue weighted by Crippen LogP contribution is -2.62. The number of rotatable bonds is 4. The Balaban J connectivity index is 2.83. The Hall–Kier alpha value is -2.05. The second-order valence-corrected chi connectivity index (χ2v) is 4.64. The second kappa shape index (κ2) is 5.52. The molecule has 20 heavy (non-hydrogen) atoms. The number of hydrogen-bond acceptors (Lipinski definition) is 2. The number of nitrogens with one attached hydrogen (secondary N) is 1. The SMILES string of the molecule is Cc1ccc(CC(=O)NC(C)(C(=O)O)C(F)(F)F)cc1. The van der Waals surface area contributed by atoms with Crippen molar-refractivity contribution >= 4 is 11.9 Å². The number of alkyl halides is 3. The fourth-order valence-corrected chi connectivity index (χ4v) is 1.46. The van der Waals surface area contributed by atoms with Gasteiger partial charge in [0, 0.05) is 0 Å². The van der Waals surface area contributed by atoms with E-state index in [1.165, 1.54) is 5.32 Å². The summed E-state index contributed by atoms with van der Waals surface area (Å²) in [5, 5.41) is 10.2. The highest BCUT2D eigenvalue weighted by molar-refractivity contribution is 5.88. The maximum atomic E-state index is 12.7. The van der Waals surface area contributed by atoms with E-state index in [1.54, 1.807) is 24.3 Å². The van der Waals surface area contributed by atoms with Gasteiger partial charge in [-0.15, -0.1) is 0 Å². The van der Waals surface area contributed by atoms with Gasteiger partial charge < -0.3 is 10.4 Å². The van der Waals surface area contributed by atoms with E-state index in [9.17, 15) is 22.8 Å². The van der Waals surface area contributed by atoms with Crippen molar-refractivity contribution in [3.63, 3.8) is 0 Å². The molecule has 2 N–H and O–H groups in total. The number of hydrogen-bond donors (Lipinski definition) is 2. The number of aliphatic carboxylic acids is 1. The normalized spacial score (nSPS) is 14.4. The highest BCUT2D eigenvalue weighted by Gasteiger charge is 2.58. The van der Waals surface area contributed by atoms with Crippen LogP contribution < -0.4 is 5.32 Å². The number of halogens is 3. The molecule has 1 rings (SSSR count). The highest BCUT2D eigenvalue weighted by Crippen LogP contribution is 2.30. The third-order valence-electron chi connectivity index (χ3n) is 2.87. The first kappa shape index (κ1) is 16.0. The summed E-state index contributed by atoms with van der Waals surface area (Å²) in [6, 6.07) is 6.62. The van der Waals surface area contributed by atoms with Crippen LogP contribution >= 0.6 is 0 Å². The molecule has 0 bridgehead atoms. The molecular formula is C13H14F3NO3. The van der Waals surface area contributed by atoms with Crippen molar-refractivity contribution in [3.05, 3.63) is 35.4 Å². The van der Waals surface area contributed by atoms with Gasteiger partial charge in [-0.1, -0.05) is 29.8 Å². The summed E-state index contributed by atoms with van der Waals surface area (Å²) in [7, 11) is 0. The molecule has 0 aliphatic heterocycles. The van der Waals surface area contributed by atoms with E-state index in [-0.39, 0.29) is 6.42 Å². The number of carbonyl (C=O) groups excluding carboxylic acids is 1. The molecule has 1 unspecified atom stereocenters. The summed E-state index contributed by atoms with van der Waals surface area (Å²) < 4.78 is 38.1. The summed E-state index contributed by atoms with van der Waals surface area (Å²) in [5.74, 6) is -3.15. The fraction of sp³-hybridized carbons (Fsp3) is 0.385. The molecule has 0 fully saturated rings. The van der Waals surface area contributed by atoms with E-state index in [0.717, 1.165) is 5.56 Å². The zero-order valence-electron chi connectivity index (χ0n) is 10.9. The molecule has 0 radical (unpaired) electrons. The Bertz CT molecular complexity index is 511. The van der Waals surface area contributed by atoms with Gasteiger partial charge in [0.05, 0.1) is 6.42 Å². The van der Waals surface area contributed by atoms with Gasteiger partial charge in [0.1, 0.15) is 0 Å². The minimum absolute atomic E-state index is 0.320. The van der Waals surface area contributed by atoms with Crippen molar-refractivity contribution in [2.24, 2.45) is 0 Å². The Morgan fingerprint density at radius 1 is 1.20 bits per heavy atom. The molecule has 0 heterocycles. The molecule has 0 aromatic heterocycles. The van der Waals surface area contributed by atoms with Crippen LogP contribution in [0.4, 0.5) is 13.2 Å². The van der Waals surface area contributed by atoms with Gasteiger partial charge >= 0.3 is 12.1 Å². The smallest absolute Gasteiger partial charge is 0.422 e. The van der Waals surface area contributed by atoms with E-state index >= 15 is 0 Å². The standard InChI is InChI=1S/C13H14F3NO3/c1-8-3-5-9(6-4-8)7-10(18)17-12(2,11(19)20)13(14,15)16/h3-6H,7H2,1-2H3,(H,17,18)(H,19,20). The summed E-state index contributed by atoms with van der Waals surface area (Å²) >= 11 is 0. The summed E-state index contributed by atoms with van der Waals surface area (Å²) in [6.45, 7) is 2.25. The van der Waals surface area contributed by atoms with Gasteiger partial charge in [0.2, 0.25) is 11.4 Å². The van der Waals surface area contributed by atoms with Crippen LogP contribution in [0.15, 0.2) is 24.3 Å². The summed E-state index contributed by atoms with van der Waals surface area (Å²) in [4.78, 5) is 22.4. The fourth-order valence-electron chi connectivity index (χ4n) is 1.46. The van der Waals surface area contributed by atoms with Crippen molar-refractivity contribution in [2.75, 3.05) is 0 Å². The zero-order chi connectivity index (χ0) is 15.6. The molecule has 0 spiro atoms. The van der Waals surface area contributed by atoms with Gasteiger partial charge in [-0.25, -0.2) is 4.79 Å². The first-order valence-electron chi connectivity index (χ1n) is 5.73. The highest BCUT2D eigenvalue weighted by atomic mass is 19.4. The molecule has 0 saturated heterocycles. The molecule has 1 amide bonds. The van der Waals surface area contributed by atoms with E-state index in [2.05, 4.69) is 0 Å². The van der Waals surface area contributed by atoms with Crippen LogP contribution in [-0.4, -0.2) is 28.7 Å². The predicted octanol–water partition coefficient (Wildman–Crippen LogP) is 2.06. The van der Waals surface area contributed by atoms with E-state index in [0.29, 0.717) is 12.5 Å². The summed E-state index contributed by atoms with van der Waals surface area (Å²) in [5.41, 5.74) is -1.85. The lowest BCUT2D eigenvalue weighted by molar-refractivity contribution is -0.206. The van der Waals surface area contributed by atoms with Gasteiger partial charge in [0.25, 0.3) is 0 Å². The first-order chi connectivity index (χ1) is 9.06. The molecule has 0 aliphatic rings. The number of benzene rings is 1. The molecule has 0 saturated carbocycles. The number of aryl methyl sites for hydroxylation is 1. The van der Waals surface area contributed by atoms with Crippen LogP contribution in [0, 0.1) is 6.92 Å². The molecule has 1 aromatic rings. The summed E-state index contributed by atoms with van der Waals surface area (Å²) in [6.07, 6.45) is -5.40. The van der Waals surface area contributed by atoms with E-state index in [4.69, 9.17) is 5.11 Å². The van der Waals surface area contributed by atoms with Gasteiger partial charge in [-0.05, 0) is 19.4 Å². The molecule has 1 atom stereocenters. The van der Waals surface area contributed by atoms with Gasteiger partial charge in [0.15, 0.2) is 0 Å². The van der Waals surface area contributed by atoms with Crippen molar-refractivity contribution in [2.45, 2.75) is 32.0 Å². The molecular weight excluding hydrogens is 275 g/mol. The molecule has 1 aromatic carbocycles. The Morgan fingerprint density at radius 2 is 1.70 bits per heavy atom. The predicted molar refractivity (Wildman–Crippen MR) is 65.1 cm³/mol.